The average Bonchev–Trinajstić information content (AvgIpc) is 3.05. The van der Waals surface area contributed by atoms with E-state index in [1.54, 1.807) is 30.2 Å². The molecule has 3 heterocycles. The summed E-state index contributed by atoms with van der Waals surface area (Å²) in [4.78, 5) is 33.6. The summed E-state index contributed by atoms with van der Waals surface area (Å²) in [6.07, 6.45) is 1.26. The number of hydrogen-bond acceptors (Lipinski definition) is 5. The summed E-state index contributed by atoms with van der Waals surface area (Å²) in [6, 6.07) is 3.90. The van der Waals surface area contributed by atoms with Gasteiger partial charge in [0.05, 0.1) is 18.4 Å². The number of aromatic nitrogens is 2. The highest BCUT2D eigenvalue weighted by molar-refractivity contribution is 7.09. The lowest BCUT2D eigenvalue weighted by molar-refractivity contribution is 0.0786. The van der Waals surface area contributed by atoms with Crippen molar-refractivity contribution < 1.29 is 9.21 Å². The molecule has 3 rings (SSSR count). The smallest absolute Gasteiger partial charge is 0.262 e. The van der Waals surface area contributed by atoms with Crippen LogP contribution in [0.25, 0.3) is 11.1 Å². The number of carbonyl (C=O) groups is 1. The molecule has 0 aliphatic carbocycles. The van der Waals surface area contributed by atoms with Gasteiger partial charge in [-0.15, -0.1) is 11.3 Å². The number of fused-ring (bicyclic) bond motifs is 1. The van der Waals surface area contributed by atoms with Crippen molar-refractivity contribution in [3.63, 3.8) is 0 Å². The van der Waals surface area contributed by atoms with E-state index in [9.17, 15) is 9.59 Å². The third-order valence-electron chi connectivity index (χ3n) is 3.20. The molecule has 0 aliphatic rings. The summed E-state index contributed by atoms with van der Waals surface area (Å²) in [5.41, 5.74) is 0.0900. The van der Waals surface area contributed by atoms with Crippen LogP contribution in [0.3, 0.4) is 0 Å². The maximum absolute atomic E-state index is 12.6. The fourth-order valence-electron chi connectivity index (χ4n) is 2.21. The molecular formula is C14H13N3O3S. The van der Waals surface area contributed by atoms with Crippen LogP contribution in [0, 0.1) is 6.92 Å². The maximum atomic E-state index is 12.6. The molecule has 1 N–H and O–H groups in total. The first-order valence-corrected chi connectivity index (χ1v) is 7.20. The molecule has 0 unspecified atom stereocenters. The van der Waals surface area contributed by atoms with Crippen LogP contribution in [0.4, 0.5) is 0 Å². The van der Waals surface area contributed by atoms with Gasteiger partial charge in [0, 0.05) is 11.9 Å². The number of nitrogens with one attached hydrogen (secondary N) is 1. The lowest BCUT2D eigenvalue weighted by Crippen LogP contribution is -2.27. The molecule has 1 amide bonds. The molecule has 0 spiro atoms. The Morgan fingerprint density at radius 2 is 2.33 bits per heavy atom. The van der Waals surface area contributed by atoms with Crippen LogP contribution in [-0.2, 0) is 6.54 Å². The number of H-pyrrole nitrogens is 1. The molecular weight excluding hydrogens is 290 g/mol. The molecule has 0 aliphatic heterocycles. The van der Waals surface area contributed by atoms with Gasteiger partial charge in [-0.2, -0.15) is 0 Å². The van der Waals surface area contributed by atoms with Gasteiger partial charge in [-0.05, 0) is 18.4 Å². The number of rotatable bonds is 3. The molecule has 3 aromatic heterocycles. The Balaban J connectivity index is 2.01. The minimum Gasteiger partial charge on any atom is -0.442 e. The normalized spacial score (nSPS) is 11.0. The molecule has 0 atom stereocenters. The van der Waals surface area contributed by atoms with E-state index in [0.29, 0.717) is 12.3 Å². The van der Waals surface area contributed by atoms with Gasteiger partial charge >= 0.3 is 0 Å². The van der Waals surface area contributed by atoms with E-state index in [1.807, 2.05) is 17.5 Å². The summed E-state index contributed by atoms with van der Waals surface area (Å²) in [6.45, 7) is 2.15. The number of amides is 1. The SMILES string of the molecule is Cc1oc2nc[nH]c(=O)c2c1C(=O)N(C)Cc1cccs1. The lowest BCUT2D eigenvalue weighted by Gasteiger charge is -2.15. The van der Waals surface area contributed by atoms with Crippen LogP contribution in [0.1, 0.15) is 21.0 Å². The predicted molar refractivity (Wildman–Crippen MR) is 79.5 cm³/mol. The quantitative estimate of drug-likeness (QED) is 0.804. The molecule has 0 fully saturated rings. The van der Waals surface area contributed by atoms with E-state index < -0.39 is 0 Å². The second-order valence-electron chi connectivity index (χ2n) is 4.69. The van der Waals surface area contributed by atoms with Crippen molar-refractivity contribution in [2.75, 3.05) is 7.05 Å². The lowest BCUT2D eigenvalue weighted by atomic mass is 10.1. The molecule has 21 heavy (non-hydrogen) atoms. The standard InChI is InChI=1S/C14H13N3O3S/c1-8-10(11-12(18)15-7-16-13(11)20-8)14(19)17(2)6-9-4-3-5-21-9/h3-5,7H,6H2,1-2H3,(H,15,16,18). The van der Waals surface area contributed by atoms with E-state index in [-0.39, 0.29) is 28.1 Å². The Kier molecular flexibility index (Phi) is 3.34. The predicted octanol–water partition coefficient (Wildman–Crippen LogP) is 2.16. The van der Waals surface area contributed by atoms with Crippen LogP contribution >= 0.6 is 11.3 Å². The third-order valence-corrected chi connectivity index (χ3v) is 4.07. The van der Waals surface area contributed by atoms with Crippen LogP contribution in [0.2, 0.25) is 0 Å². The highest BCUT2D eigenvalue weighted by atomic mass is 32.1. The van der Waals surface area contributed by atoms with Crippen molar-refractivity contribution in [1.82, 2.24) is 14.9 Å². The minimum atomic E-state index is -0.371. The van der Waals surface area contributed by atoms with Crippen LogP contribution in [0.15, 0.2) is 33.1 Å². The number of aromatic amines is 1. The molecule has 0 aromatic carbocycles. The molecule has 0 saturated carbocycles. The fourth-order valence-corrected chi connectivity index (χ4v) is 2.97. The second kappa shape index (κ2) is 5.17. The highest BCUT2D eigenvalue weighted by Gasteiger charge is 2.24. The molecule has 0 radical (unpaired) electrons. The number of carbonyl (C=O) groups excluding carboxylic acids is 1. The van der Waals surface area contributed by atoms with Crippen LogP contribution < -0.4 is 5.56 Å². The number of thiophene rings is 1. The average molecular weight is 303 g/mol. The first-order chi connectivity index (χ1) is 10.1. The summed E-state index contributed by atoms with van der Waals surface area (Å²) in [7, 11) is 1.70. The number of furan rings is 1. The van der Waals surface area contributed by atoms with E-state index >= 15 is 0 Å². The van der Waals surface area contributed by atoms with Gasteiger partial charge in [0.1, 0.15) is 11.1 Å². The Hall–Kier alpha value is -2.41. The molecule has 108 valence electrons. The Morgan fingerprint density at radius 3 is 3.05 bits per heavy atom. The van der Waals surface area contributed by atoms with Crippen molar-refractivity contribution in [1.29, 1.82) is 0 Å². The summed E-state index contributed by atoms with van der Waals surface area (Å²) in [5.74, 6) is 0.148. The van der Waals surface area contributed by atoms with Crippen molar-refractivity contribution in [3.8, 4) is 0 Å². The summed E-state index contributed by atoms with van der Waals surface area (Å²) < 4.78 is 5.41. The first kappa shape index (κ1) is 13.6. The van der Waals surface area contributed by atoms with E-state index in [2.05, 4.69) is 9.97 Å². The zero-order valence-corrected chi connectivity index (χ0v) is 12.4. The van der Waals surface area contributed by atoms with Gasteiger partial charge in [0.2, 0.25) is 5.71 Å². The molecule has 3 aromatic rings. The molecule has 7 heteroatoms. The largest absolute Gasteiger partial charge is 0.442 e. The Bertz CT molecular complexity index is 848. The molecule has 0 saturated heterocycles. The number of aryl methyl sites for hydroxylation is 1. The van der Waals surface area contributed by atoms with Gasteiger partial charge in [0.15, 0.2) is 0 Å². The second-order valence-corrected chi connectivity index (χ2v) is 5.72. The molecule has 6 nitrogen and oxygen atoms in total. The Morgan fingerprint density at radius 1 is 1.52 bits per heavy atom. The number of nitrogens with zero attached hydrogens (tertiary/aromatic N) is 2. The number of hydrogen-bond donors (Lipinski definition) is 1. The van der Waals surface area contributed by atoms with Gasteiger partial charge < -0.3 is 14.3 Å². The van der Waals surface area contributed by atoms with Crippen LogP contribution in [-0.4, -0.2) is 27.8 Å². The minimum absolute atomic E-state index is 0.184. The van der Waals surface area contributed by atoms with Gasteiger partial charge in [-0.25, -0.2) is 4.98 Å². The van der Waals surface area contributed by atoms with Crippen LogP contribution in [0.5, 0.6) is 0 Å². The van der Waals surface area contributed by atoms with Gasteiger partial charge in [-0.1, -0.05) is 6.07 Å². The van der Waals surface area contributed by atoms with E-state index in [1.165, 1.54) is 6.33 Å². The topological polar surface area (TPSA) is 79.2 Å². The van der Waals surface area contributed by atoms with Crippen molar-refractivity contribution in [2.45, 2.75) is 13.5 Å². The van der Waals surface area contributed by atoms with Crippen molar-refractivity contribution in [3.05, 3.63) is 50.4 Å². The van der Waals surface area contributed by atoms with Gasteiger partial charge in [-0.3, -0.25) is 9.59 Å². The highest BCUT2D eigenvalue weighted by Crippen LogP contribution is 2.22. The zero-order valence-electron chi connectivity index (χ0n) is 11.5. The third kappa shape index (κ3) is 2.36. The zero-order chi connectivity index (χ0) is 15.0. The maximum Gasteiger partial charge on any atom is 0.262 e. The monoisotopic (exact) mass is 303 g/mol. The molecule has 0 bridgehead atoms. The fraction of sp³-hybridized carbons (Fsp3) is 0.214. The van der Waals surface area contributed by atoms with Crippen molar-refractivity contribution in [2.24, 2.45) is 0 Å². The van der Waals surface area contributed by atoms with Gasteiger partial charge in [0.25, 0.3) is 11.5 Å². The first-order valence-electron chi connectivity index (χ1n) is 6.32. The van der Waals surface area contributed by atoms with Crippen molar-refractivity contribution >= 4 is 28.3 Å². The van der Waals surface area contributed by atoms with E-state index in [0.717, 1.165) is 4.88 Å². The summed E-state index contributed by atoms with van der Waals surface area (Å²) >= 11 is 1.58. The summed E-state index contributed by atoms with van der Waals surface area (Å²) in [5, 5.41) is 2.17. The Labute approximate surface area is 124 Å². The van der Waals surface area contributed by atoms with E-state index in [4.69, 9.17) is 4.42 Å².